The van der Waals surface area contributed by atoms with Crippen LogP contribution >= 0.6 is 15.9 Å². The van der Waals surface area contributed by atoms with E-state index < -0.39 is 0 Å². The van der Waals surface area contributed by atoms with Gasteiger partial charge < -0.3 is 9.84 Å². The molecule has 0 aliphatic carbocycles. The van der Waals surface area contributed by atoms with Gasteiger partial charge in [-0.1, -0.05) is 15.9 Å². The number of hydrogen-bond acceptors (Lipinski definition) is 3. The summed E-state index contributed by atoms with van der Waals surface area (Å²) in [6.45, 7) is 0.0605. The molecule has 1 rings (SSSR count). The Morgan fingerprint density at radius 1 is 1.50 bits per heavy atom. The third-order valence-corrected chi connectivity index (χ3v) is 3.03. The zero-order valence-corrected chi connectivity index (χ0v) is 10.8. The first-order chi connectivity index (χ1) is 7.67. The highest BCUT2D eigenvalue weighted by Gasteiger charge is 2.07. The normalized spacial score (nSPS) is 10.2. The third-order valence-electron chi connectivity index (χ3n) is 2.25. The maximum Gasteiger partial charge on any atom is 0.137 e. The van der Waals surface area contributed by atoms with Gasteiger partial charge in [0.2, 0.25) is 0 Å². The molecule has 0 spiro atoms. The molecule has 1 aromatic carbocycles. The Morgan fingerprint density at radius 2 is 2.25 bits per heavy atom. The van der Waals surface area contributed by atoms with Crippen LogP contribution in [-0.4, -0.2) is 24.6 Å². The molecule has 0 amide bonds. The summed E-state index contributed by atoms with van der Waals surface area (Å²) in [7, 11) is 1.60. The van der Waals surface area contributed by atoms with E-state index in [0.29, 0.717) is 19.3 Å². The van der Waals surface area contributed by atoms with Gasteiger partial charge in [-0.15, -0.1) is 0 Å². The fraction of sp³-hybridized carbons (Fsp3) is 0.417. The zero-order chi connectivity index (χ0) is 12.0. The molecular weight excluding hydrogens is 272 g/mol. The maximum atomic E-state index is 11.6. The number of Topliss-reactive ketones (excluding diaryl/α,β-unsaturated/α-hetero) is 1. The van der Waals surface area contributed by atoms with Crippen molar-refractivity contribution in [2.24, 2.45) is 0 Å². The van der Waals surface area contributed by atoms with Crippen LogP contribution in [0.15, 0.2) is 22.7 Å². The molecule has 0 atom stereocenters. The molecule has 88 valence electrons. The molecular formula is C12H15BrO3. The first kappa shape index (κ1) is 13.2. The maximum absolute atomic E-state index is 11.6. The van der Waals surface area contributed by atoms with Crippen molar-refractivity contribution < 1.29 is 14.6 Å². The van der Waals surface area contributed by atoms with E-state index in [9.17, 15) is 4.79 Å². The number of ether oxygens (including phenoxy) is 1. The van der Waals surface area contributed by atoms with Gasteiger partial charge in [0.05, 0.1) is 7.11 Å². The number of aliphatic hydroxyl groups excluding tert-OH is 1. The summed E-state index contributed by atoms with van der Waals surface area (Å²) in [6.07, 6.45) is 1.32. The summed E-state index contributed by atoms with van der Waals surface area (Å²) < 4.78 is 6.01. The molecule has 0 bridgehead atoms. The van der Waals surface area contributed by atoms with E-state index in [0.717, 1.165) is 15.8 Å². The number of carbonyl (C=O) groups excluding carboxylic acids is 1. The van der Waals surface area contributed by atoms with Crippen molar-refractivity contribution in [1.29, 1.82) is 0 Å². The Morgan fingerprint density at radius 3 is 2.88 bits per heavy atom. The van der Waals surface area contributed by atoms with Gasteiger partial charge in [0.25, 0.3) is 0 Å². The van der Waals surface area contributed by atoms with E-state index in [1.807, 2.05) is 18.2 Å². The number of methoxy groups -OCH3 is 1. The molecule has 0 heterocycles. The minimum absolute atomic E-state index is 0.0605. The fourth-order valence-corrected chi connectivity index (χ4v) is 1.78. The Kier molecular flexibility index (Phi) is 5.49. The highest BCUT2D eigenvalue weighted by Crippen LogP contribution is 2.23. The van der Waals surface area contributed by atoms with Crippen LogP contribution < -0.4 is 4.74 Å². The lowest BCUT2D eigenvalue weighted by atomic mass is 10.1. The monoisotopic (exact) mass is 286 g/mol. The molecule has 0 radical (unpaired) electrons. The smallest absolute Gasteiger partial charge is 0.137 e. The van der Waals surface area contributed by atoms with Gasteiger partial charge in [0.1, 0.15) is 11.5 Å². The predicted molar refractivity (Wildman–Crippen MR) is 65.7 cm³/mol. The van der Waals surface area contributed by atoms with Crippen LogP contribution in [0.1, 0.15) is 18.4 Å². The highest BCUT2D eigenvalue weighted by molar-refractivity contribution is 9.10. The first-order valence-corrected chi connectivity index (χ1v) is 5.91. The number of rotatable bonds is 6. The second-order valence-electron chi connectivity index (χ2n) is 3.50. The molecule has 0 unspecified atom stereocenters. The van der Waals surface area contributed by atoms with Gasteiger partial charge in [-0.05, 0) is 30.2 Å². The summed E-state index contributed by atoms with van der Waals surface area (Å²) in [5, 5.41) is 8.64. The van der Waals surface area contributed by atoms with Crippen LogP contribution in [-0.2, 0) is 11.2 Å². The van der Waals surface area contributed by atoms with Crippen molar-refractivity contribution in [3.05, 3.63) is 28.2 Å². The van der Waals surface area contributed by atoms with Crippen molar-refractivity contribution in [2.45, 2.75) is 19.3 Å². The molecule has 0 saturated heterocycles. The fourth-order valence-electron chi connectivity index (χ4n) is 1.39. The molecule has 0 aromatic heterocycles. The van der Waals surface area contributed by atoms with E-state index >= 15 is 0 Å². The molecule has 0 fully saturated rings. The van der Waals surface area contributed by atoms with Crippen LogP contribution in [0.3, 0.4) is 0 Å². The minimum atomic E-state index is 0.0605. The minimum Gasteiger partial charge on any atom is -0.497 e. The second kappa shape index (κ2) is 6.66. The average molecular weight is 287 g/mol. The van der Waals surface area contributed by atoms with Gasteiger partial charge in [-0.25, -0.2) is 0 Å². The van der Waals surface area contributed by atoms with Crippen LogP contribution in [0.4, 0.5) is 0 Å². The van der Waals surface area contributed by atoms with E-state index in [-0.39, 0.29) is 12.4 Å². The van der Waals surface area contributed by atoms with Crippen molar-refractivity contribution in [2.75, 3.05) is 13.7 Å². The third kappa shape index (κ3) is 3.94. The van der Waals surface area contributed by atoms with E-state index in [2.05, 4.69) is 15.9 Å². The van der Waals surface area contributed by atoms with E-state index in [1.54, 1.807) is 7.11 Å². The number of carbonyl (C=O) groups is 1. The van der Waals surface area contributed by atoms with Crippen molar-refractivity contribution in [1.82, 2.24) is 0 Å². The summed E-state index contributed by atoms with van der Waals surface area (Å²) in [5.41, 5.74) is 0.919. The Balaban J connectivity index is 2.68. The van der Waals surface area contributed by atoms with Crippen molar-refractivity contribution >= 4 is 21.7 Å². The van der Waals surface area contributed by atoms with Gasteiger partial charge in [0.15, 0.2) is 0 Å². The topological polar surface area (TPSA) is 46.5 Å². The van der Waals surface area contributed by atoms with Crippen molar-refractivity contribution in [3.8, 4) is 5.75 Å². The van der Waals surface area contributed by atoms with Gasteiger partial charge in [-0.3, -0.25) is 4.79 Å². The molecule has 0 saturated carbocycles. The standard InChI is InChI=1S/C12H15BrO3/c1-16-11-4-5-12(13)9(8-11)7-10(15)3-2-6-14/h4-5,8,14H,2-3,6-7H2,1H3. The Hall–Kier alpha value is -0.870. The summed E-state index contributed by atoms with van der Waals surface area (Å²) in [5.74, 6) is 0.871. The molecule has 3 nitrogen and oxygen atoms in total. The lowest BCUT2D eigenvalue weighted by molar-refractivity contribution is -0.118. The highest BCUT2D eigenvalue weighted by atomic mass is 79.9. The quantitative estimate of drug-likeness (QED) is 0.873. The van der Waals surface area contributed by atoms with E-state index in [1.165, 1.54) is 0 Å². The number of ketones is 1. The van der Waals surface area contributed by atoms with E-state index in [4.69, 9.17) is 9.84 Å². The molecule has 0 aliphatic rings. The molecule has 16 heavy (non-hydrogen) atoms. The van der Waals surface area contributed by atoms with Gasteiger partial charge in [-0.2, -0.15) is 0 Å². The first-order valence-electron chi connectivity index (χ1n) is 5.12. The summed E-state index contributed by atoms with van der Waals surface area (Å²) in [6, 6.07) is 5.56. The lowest BCUT2D eigenvalue weighted by Gasteiger charge is -2.06. The predicted octanol–water partition coefficient (Wildman–Crippen LogP) is 2.34. The number of benzene rings is 1. The van der Waals surface area contributed by atoms with Crippen LogP contribution in [0.5, 0.6) is 5.75 Å². The SMILES string of the molecule is COc1ccc(Br)c(CC(=O)CCCO)c1. The van der Waals surface area contributed by atoms with Crippen LogP contribution in [0.25, 0.3) is 0 Å². The Bertz CT molecular complexity index is 363. The van der Waals surface area contributed by atoms with Crippen molar-refractivity contribution in [3.63, 3.8) is 0 Å². The Labute approximate surface area is 104 Å². The second-order valence-corrected chi connectivity index (χ2v) is 4.35. The number of hydrogen-bond donors (Lipinski definition) is 1. The number of aliphatic hydroxyl groups is 1. The molecule has 4 heteroatoms. The lowest BCUT2D eigenvalue weighted by Crippen LogP contribution is -2.04. The average Bonchev–Trinajstić information content (AvgIpc) is 2.29. The molecule has 0 aliphatic heterocycles. The van der Waals surface area contributed by atoms with Gasteiger partial charge in [0, 0.05) is 23.9 Å². The zero-order valence-electron chi connectivity index (χ0n) is 9.20. The summed E-state index contributed by atoms with van der Waals surface area (Å²) in [4.78, 5) is 11.6. The van der Waals surface area contributed by atoms with Crippen LogP contribution in [0, 0.1) is 0 Å². The molecule has 1 N–H and O–H groups in total. The molecule has 1 aromatic rings. The van der Waals surface area contributed by atoms with Gasteiger partial charge >= 0.3 is 0 Å². The van der Waals surface area contributed by atoms with Crippen LogP contribution in [0.2, 0.25) is 0 Å². The summed E-state index contributed by atoms with van der Waals surface area (Å²) >= 11 is 3.40. The largest absolute Gasteiger partial charge is 0.497 e. The number of halogens is 1.